The summed E-state index contributed by atoms with van der Waals surface area (Å²) in [5, 5.41) is 4.06. The maximum atomic E-state index is 13.1. The minimum Gasteiger partial charge on any atom is -0.454 e. The largest absolute Gasteiger partial charge is 0.454 e. The van der Waals surface area contributed by atoms with Gasteiger partial charge in [0.25, 0.3) is 0 Å². The molecule has 3 aromatic rings. The first-order chi connectivity index (χ1) is 13.3. The number of nitrogens with zero attached hydrogens (tertiary/aromatic N) is 1. The van der Waals surface area contributed by atoms with Crippen LogP contribution in [0.1, 0.15) is 46.3 Å². The fourth-order valence-corrected chi connectivity index (χ4v) is 3.71. The van der Waals surface area contributed by atoms with Crippen molar-refractivity contribution >= 4 is 22.6 Å². The minimum absolute atomic E-state index is 0. The van der Waals surface area contributed by atoms with Crippen LogP contribution in [0.5, 0.6) is 11.5 Å². The summed E-state index contributed by atoms with van der Waals surface area (Å²) < 4.78 is 10.8. The molecule has 2 aliphatic rings. The van der Waals surface area contributed by atoms with Crippen LogP contribution in [0.15, 0.2) is 36.5 Å². The molecule has 3 heterocycles. The number of hydrogen-bond acceptors (Lipinski definition) is 4. The first-order valence-corrected chi connectivity index (χ1v) is 9.56. The molecule has 5 rings (SSSR count). The molecule has 1 aliphatic heterocycles. The minimum atomic E-state index is -0.508. The molecule has 2 N–H and O–H groups in total. The summed E-state index contributed by atoms with van der Waals surface area (Å²) in [5.41, 5.74) is 2.60. The van der Waals surface area contributed by atoms with Crippen molar-refractivity contribution in [3.63, 3.8) is 0 Å². The number of pyridine rings is 1. The summed E-state index contributed by atoms with van der Waals surface area (Å²) in [6.07, 6.45) is 3.42. The van der Waals surface area contributed by atoms with Crippen molar-refractivity contribution in [2.24, 2.45) is 0 Å². The van der Waals surface area contributed by atoms with E-state index in [1.807, 2.05) is 24.3 Å². The lowest BCUT2D eigenvalue weighted by Gasteiger charge is -2.16. The third-order valence-corrected chi connectivity index (χ3v) is 5.66. The highest BCUT2D eigenvalue weighted by Crippen LogP contribution is 2.51. The van der Waals surface area contributed by atoms with E-state index >= 15 is 0 Å². The second-order valence-electron chi connectivity index (χ2n) is 8.69. The first-order valence-electron chi connectivity index (χ1n) is 9.56. The van der Waals surface area contributed by atoms with Gasteiger partial charge in [0.15, 0.2) is 11.5 Å². The zero-order valence-corrected chi connectivity index (χ0v) is 16.3. The van der Waals surface area contributed by atoms with Crippen LogP contribution in [0.3, 0.4) is 0 Å². The lowest BCUT2D eigenvalue weighted by molar-refractivity contribution is -0.118. The number of benzene rings is 1. The Morgan fingerprint density at radius 2 is 1.96 bits per heavy atom. The number of H-pyrrole nitrogens is 1. The molecule has 6 heteroatoms. The third kappa shape index (κ3) is 2.71. The van der Waals surface area contributed by atoms with Crippen molar-refractivity contribution < 1.29 is 15.7 Å². The summed E-state index contributed by atoms with van der Waals surface area (Å²) in [4.78, 5) is 20.9. The average molecular weight is 379 g/mol. The summed E-state index contributed by atoms with van der Waals surface area (Å²) in [6.45, 7) is 6.72. The van der Waals surface area contributed by atoms with E-state index in [0.717, 1.165) is 40.8 Å². The van der Waals surface area contributed by atoms with Crippen molar-refractivity contribution in [1.29, 1.82) is 0 Å². The Labute approximate surface area is 164 Å². The highest BCUT2D eigenvalue weighted by molar-refractivity contribution is 6.01. The molecule has 1 aliphatic carbocycles. The lowest BCUT2D eigenvalue weighted by atomic mass is 9.92. The van der Waals surface area contributed by atoms with Gasteiger partial charge in [-0.3, -0.25) is 4.79 Å². The van der Waals surface area contributed by atoms with Gasteiger partial charge in [-0.15, -0.1) is 0 Å². The molecule has 2 aromatic heterocycles. The SMILES string of the molecule is CC(C)(C)c1cc2cc(NC(=O)C3(c4ccc5c(c4)OCO5)CC3)ncc2[nH]1.[HH]. The summed E-state index contributed by atoms with van der Waals surface area (Å²) in [7, 11) is 0. The highest BCUT2D eigenvalue weighted by atomic mass is 16.7. The van der Waals surface area contributed by atoms with E-state index < -0.39 is 5.41 Å². The number of aromatic amines is 1. The number of ether oxygens (including phenoxy) is 2. The third-order valence-electron chi connectivity index (χ3n) is 5.66. The van der Waals surface area contributed by atoms with Gasteiger partial charge < -0.3 is 19.8 Å². The van der Waals surface area contributed by atoms with Gasteiger partial charge in [-0.05, 0) is 42.7 Å². The monoisotopic (exact) mass is 379 g/mol. The van der Waals surface area contributed by atoms with Gasteiger partial charge in [-0.25, -0.2) is 4.98 Å². The molecular formula is C22H25N3O3. The molecule has 1 aromatic carbocycles. The summed E-state index contributed by atoms with van der Waals surface area (Å²) in [6, 6.07) is 9.81. The zero-order valence-electron chi connectivity index (χ0n) is 16.3. The molecule has 0 atom stereocenters. The normalized spacial score (nSPS) is 17.0. The predicted octanol–water partition coefficient (Wildman–Crippen LogP) is 4.51. The number of nitrogens with one attached hydrogen (secondary N) is 2. The molecule has 146 valence electrons. The predicted molar refractivity (Wildman–Crippen MR) is 109 cm³/mol. The van der Waals surface area contributed by atoms with Gasteiger partial charge >= 0.3 is 0 Å². The highest BCUT2D eigenvalue weighted by Gasteiger charge is 2.51. The van der Waals surface area contributed by atoms with Gasteiger partial charge in [-0.1, -0.05) is 26.8 Å². The Morgan fingerprint density at radius 1 is 1.18 bits per heavy atom. The topological polar surface area (TPSA) is 76.2 Å². The van der Waals surface area contributed by atoms with E-state index in [1.165, 1.54) is 0 Å². The van der Waals surface area contributed by atoms with Crippen LogP contribution in [0.2, 0.25) is 0 Å². The number of amides is 1. The molecule has 1 saturated carbocycles. The van der Waals surface area contributed by atoms with Crippen LogP contribution in [0.4, 0.5) is 5.82 Å². The zero-order chi connectivity index (χ0) is 19.5. The smallest absolute Gasteiger partial charge is 0.236 e. The molecule has 0 radical (unpaired) electrons. The molecule has 0 spiro atoms. The van der Waals surface area contributed by atoms with E-state index in [1.54, 1.807) is 6.20 Å². The van der Waals surface area contributed by atoms with E-state index in [0.29, 0.717) is 11.6 Å². The second kappa shape index (κ2) is 5.74. The Bertz CT molecular complexity index is 1100. The van der Waals surface area contributed by atoms with E-state index in [4.69, 9.17) is 9.47 Å². The van der Waals surface area contributed by atoms with Crippen molar-refractivity contribution in [3.8, 4) is 11.5 Å². The van der Waals surface area contributed by atoms with Crippen molar-refractivity contribution in [2.75, 3.05) is 12.1 Å². The van der Waals surface area contributed by atoms with E-state index in [9.17, 15) is 4.79 Å². The van der Waals surface area contributed by atoms with Gasteiger partial charge in [0.05, 0.1) is 17.1 Å². The maximum Gasteiger partial charge on any atom is 0.236 e. The standard InChI is InChI=1S/C22H23N3O3.H2/c1-21(2,3)18-8-13-9-19(23-11-15(13)24-18)25-20(26)22(6-7-22)14-4-5-16-17(10-14)28-12-27-16;/h4-5,8-11,24H,6-7,12H2,1-3H3,(H,23,25,26);1H. The van der Waals surface area contributed by atoms with E-state index in [2.05, 4.69) is 42.1 Å². The van der Waals surface area contributed by atoms with Crippen LogP contribution >= 0.6 is 0 Å². The van der Waals surface area contributed by atoms with Gasteiger partial charge in [0, 0.05) is 17.9 Å². The average Bonchev–Trinajstić information content (AvgIpc) is 3.13. The number of fused-ring (bicyclic) bond motifs is 2. The summed E-state index contributed by atoms with van der Waals surface area (Å²) >= 11 is 0. The number of carbonyl (C=O) groups excluding carboxylic acids is 1. The van der Waals surface area contributed by atoms with Crippen molar-refractivity contribution in [1.82, 2.24) is 9.97 Å². The molecule has 6 nitrogen and oxygen atoms in total. The number of carbonyl (C=O) groups is 1. The first kappa shape index (κ1) is 17.1. The fourth-order valence-electron chi connectivity index (χ4n) is 3.71. The number of hydrogen-bond donors (Lipinski definition) is 2. The van der Waals surface area contributed by atoms with Crippen molar-refractivity contribution in [3.05, 3.63) is 47.8 Å². The van der Waals surface area contributed by atoms with Gasteiger partial charge in [-0.2, -0.15) is 0 Å². The Morgan fingerprint density at radius 3 is 2.71 bits per heavy atom. The second-order valence-corrected chi connectivity index (χ2v) is 8.69. The molecule has 0 unspecified atom stereocenters. The molecule has 1 amide bonds. The van der Waals surface area contributed by atoms with E-state index in [-0.39, 0.29) is 19.5 Å². The van der Waals surface area contributed by atoms with Crippen LogP contribution < -0.4 is 14.8 Å². The lowest BCUT2D eigenvalue weighted by Crippen LogP contribution is -2.28. The summed E-state index contributed by atoms with van der Waals surface area (Å²) in [5.74, 6) is 1.99. The molecule has 0 bridgehead atoms. The van der Waals surface area contributed by atoms with Crippen LogP contribution in [-0.2, 0) is 15.6 Å². The molecule has 0 saturated heterocycles. The van der Waals surface area contributed by atoms with Crippen LogP contribution in [0.25, 0.3) is 10.9 Å². The quantitative estimate of drug-likeness (QED) is 0.702. The van der Waals surface area contributed by atoms with Gasteiger partial charge in [0.1, 0.15) is 5.82 Å². The Kier molecular flexibility index (Phi) is 3.50. The molecule has 1 fully saturated rings. The van der Waals surface area contributed by atoms with Crippen LogP contribution in [-0.4, -0.2) is 22.7 Å². The van der Waals surface area contributed by atoms with Crippen molar-refractivity contribution in [2.45, 2.75) is 44.4 Å². The number of aromatic nitrogens is 2. The maximum absolute atomic E-state index is 13.1. The Balaban J connectivity index is 0.00000205. The Hall–Kier alpha value is -3.02. The molecule has 28 heavy (non-hydrogen) atoms. The molecular weight excluding hydrogens is 354 g/mol. The fraction of sp³-hybridized carbons (Fsp3) is 0.364. The van der Waals surface area contributed by atoms with Gasteiger partial charge in [0.2, 0.25) is 12.7 Å². The number of anilines is 1. The van der Waals surface area contributed by atoms with Crippen LogP contribution in [0, 0.1) is 0 Å². The number of rotatable bonds is 3.